The number of amides is 1. The van der Waals surface area contributed by atoms with Crippen molar-refractivity contribution in [2.24, 2.45) is 5.92 Å². The van der Waals surface area contributed by atoms with Crippen LogP contribution >= 0.6 is 0 Å². The third-order valence-electron chi connectivity index (χ3n) is 6.94. The van der Waals surface area contributed by atoms with Gasteiger partial charge in [-0.2, -0.15) is 0 Å². The van der Waals surface area contributed by atoms with Crippen molar-refractivity contribution >= 4 is 22.8 Å². The minimum atomic E-state index is -1.37. The van der Waals surface area contributed by atoms with Crippen LogP contribution in [0.5, 0.6) is 5.75 Å². The van der Waals surface area contributed by atoms with Gasteiger partial charge in [-0.1, -0.05) is 61.9 Å². The van der Waals surface area contributed by atoms with Crippen LogP contribution in [0.15, 0.2) is 66.9 Å². The van der Waals surface area contributed by atoms with Crippen molar-refractivity contribution in [1.29, 1.82) is 0 Å². The Morgan fingerprint density at radius 2 is 1.77 bits per heavy atom. The van der Waals surface area contributed by atoms with E-state index in [9.17, 15) is 14.7 Å². The predicted molar refractivity (Wildman–Crippen MR) is 155 cm³/mol. The first-order chi connectivity index (χ1) is 18.9. The van der Waals surface area contributed by atoms with Crippen molar-refractivity contribution in [1.82, 2.24) is 9.88 Å². The fourth-order valence-corrected chi connectivity index (χ4v) is 4.85. The topological polar surface area (TPSA) is 80.6 Å². The monoisotopic (exact) mass is 544 g/mol. The summed E-state index contributed by atoms with van der Waals surface area (Å²) in [5, 5.41) is 13.1. The Morgan fingerprint density at radius 1 is 1.05 bits per heavy atom. The van der Waals surface area contributed by atoms with Crippen molar-refractivity contribution in [2.45, 2.75) is 66.2 Å². The number of carboxylic acid groups (broad SMARTS) is 1. The second-order valence-corrected chi connectivity index (χ2v) is 11.4. The maximum atomic E-state index is 16.1. The van der Waals surface area contributed by atoms with E-state index in [1.54, 1.807) is 18.2 Å². The molecule has 1 amide bonds. The molecule has 3 aromatic carbocycles. The summed E-state index contributed by atoms with van der Waals surface area (Å²) in [5.41, 5.74) is 2.89. The van der Waals surface area contributed by atoms with Crippen molar-refractivity contribution in [3.63, 3.8) is 0 Å². The fraction of sp³-hybridized carbons (Fsp3) is 0.333. The lowest BCUT2D eigenvalue weighted by Crippen LogP contribution is -2.37. The molecule has 0 radical (unpaired) electrons. The zero-order valence-corrected chi connectivity index (χ0v) is 23.9. The number of fused-ring (bicyclic) bond motifs is 1. The van der Waals surface area contributed by atoms with Gasteiger partial charge in [-0.3, -0.25) is 4.79 Å². The van der Waals surface area contributed by atoms with Gasteiger partial charge in [0.2, 0.25) is 0 Å². The molecule has 1 atom stereocenters. The number of rotatable bonds is 10. The maximum Gasteiger partial charge on any atom is 0.347 e. The molecule has 4 aromatic rings. The number of aromatic nitrogens is 1. The number of carbonyl (C=O) groups excluding carboxylic acids is 1. The van der Waals surface area contributed by atoms with Gasteiger partial charge < -0.3 is 19.7 Å². The molecule has 0 saturated carbocycles. The molecule has 210 valence electrons. The molecule has 0 aliphatic heterocycles. The Hall–Kier alpha value is -4.13. The predicted octanol–water partition coefficient (Wildman–Crippen LogP) is 7.07. The van der Waals surface area contributed by atoms with E-state index < -0.39 is 23.3 Å². The molecule has 6 nitrogen and oxygen atoms in total. The molecule has 4 rings (SSSR count). The molecule has 7 heteroatoms. The van der Waals surface area contributed by atoms with Gasteiger partial charge in [0, 0.05) is 18.1 Å². The van der Waals surface area contributed by atoms with Gasteiger partial charge in [-0.25, -0.2) is 9.18 Å². The third kappa shape index (κ3) is 6.36. The highest BCUT2D eigenvalue weighted by Crippen LogP contribution is 2.30. The number of aliphatic carboxylic acids is 1. The van der Waals surface area contributed by atoms with Crippen LogP contribution in [-0.2, 0) is 17.8 Å². The Morgan fingerprint density at radius 3 is 2.45 bits per heavy atom. The van der Waals surface area contributed by atoms with E-state index in [1.807, 2.05) is 67.1 Å². The van der Waals surface area contributed by atoms with E-state index in [4.69, 9.17) is 4.74 Å². The van der Waals surface area contributed by atoms with Gasteiger partial charge in [-0.05, 0) is 74.9 Å². The van der Waals surface area contributed by atoms with Crippen LogP contribution in [0.3, 0.4) is 0 Å². The van der Waals surface area contributed by atoms with E-state index in [0.717, 1.165) is 27.6 Å². The van der Waals surface area contributed by atoms with E-state index in [-0.39, 0.29) is 17.5 Å². The molecule has 0 unspecified atom stereocenters. The first-order valence-electron chi connectivity index (χ1n) is 13.5. The average Bonchev–Trinajstić information content (AvgIpc) is 3.20. The zero-order valence-electron chi connectivity index (χ0n) is 23.9. The second kappa shape index (κ2) is 11.5. The maximum absolute atomic E-state index is 16.1. The zero-order chi connectivity index (χ0) is 29.2. The highest BCUT2D eigenvalue weighted by Gasteiger charge is 2.29. The van der Waals surface area contributed by atoms with Crippen molar-refractivity contribution in [2.75, 3.05) is 0 Å². The molecule has 40 heavy (non-hydrogen) atoms. The minimum Gasteiger partial charge on any atom is -0.478 e. The summed E-state index contributed by atoms with van der Waals surface area (Å²) in [6.45, 7) is 11.6. The Balaban J connectivity index is 1.67. The van der Waals surface area contributed by atoms with Crippen LogP contribution in [0, 0.1) is 18.7 Å². The smallest absolute Gasteiger partial charge is 0.347 e. The molecule has 0 aliphatic rings. The van der Waals surface area contributed by atoms with E-state index in [0.29, 0.717) is 24.2 Å². The highest BCUT2D eigenvalue weighted by molar-refractivity contribution is 5.99. The summed E-state index contributed by atoms with van der Waals surface area (Å²) >= 11 is 0. The summed E-state index contributed by atoms with van der Waals surface area (Å²) in [4.78, 5) is 24.7. The Bertz CT molecular complexity index is 1550. The average molecular weight is 545 g/mol. The van der Waals surface area contributed by atoms with Gasteiger partial charge in [-0.15, -0.1) is 0 Å². The molecule has 1 aromatic heterocycles. The fourth-order valence-electron chi connectivity index (χ4n) is 4.85. The molecule has 2 N–H and O–H groups in total. The highest BCUT2D eigenvalue weighted by atomic mass is 19.1. The lowest BCUT2D eigenvalue weighted by molar-refractivity contribution is -0.152. The molecule has 0 fully saturated rings. The first kappa shape index (κ1) is 28.9. The number of aryl methyl sites for hydroxylation is 1. The summed E-state index contributed by atoms with van der Waals surface area (Å²) in [6, 6.07) is 18.2. The number of carbonyl (C=O) groups is 2. The quantitative estimate of drug-likeness (QED) is 0.224. The lowest BCUT2D eigenvalue weighted by Gasteiger charge is -2.21. The molecule has 0 saturated heterocycles. The second-order valence-electron chi connectivity index (χ2n) is 11.4. The largest absolute Gasteiger partial charge is 0.478 e. The number of hydrogen-bond acceptors (Lipinski definition) is 3. The van der Waals surface area contributed by atoms with E-state index in [1.165, 1.54) is 13.8 Å². The van der Waals surface area contributed by atoms with Crippen LogP contribution in [0.4, 0.5) is 4.39 Å². The summed E-state index contributed by atoms with van der Waals surface area (Å²) in [6.07, 6.45) is 2.43. The first-order valence-corrected chi connectivity index (χ1v) is 13.5. The van der Waals surface area contributed by atoms with E-state index in [2.05, 4.69) is 19.2 Å². The Labute approximate surface area is 234 Å². The number of hydrogen-bond donors (Lipinski definition) is 2. The molecule has 0 aliphatic carbocycles. The minimum absolute atomic E-state index is 0.00737. The van der Waals surface area contributed by atoms with Gasteiger partial charge >= 0.3 is 5.97 Å². The molecule has 1 heterocycles. The van der Waals surface area contributed by atoms with Crippen molar-refractivity contribution in [3.05, 3.63) is 100 Å². The Kier molecular flexibility index (Phi) is 8.33. The number of carboxylic acids is 1. The molecule has 0 spiro atoms. The number of ether oxygens (including phenoxy) is 1. The van der Waals surface area contributed by atoms with Crippen LogP contribution < -0.4 is 10.1 Å². The number of nitrogens with one attached hydrogen (secondary N) is 1. The third-order valence-corrected chi connectivity index (χ3v) is 6.94. The van der Waals surface area contributed by atoms with Crippen LogP contribution in [0.2, 0.25) is 0 Å². The van der Waals surface area contributed by atoms with E-state index >= 15 is 4.39 Å². The summed E-state index contributed by atoms with van der Waals surface area (Å²) < 4.78 is 23.7. The molecular weight excluding hydrogens is 507 g/mol. The van der Waals surface area contributed by atoms with Gasteiger partial charge in [0.05, 0.1) is 17.1 Å². The van der Waals surface area contributed by atoms with Gasteiger partial charge in [0.15, 0.2) is 11.4 Å². The lowest BCUT2D eigenvalue weighted by atomic mass is 10.0. The molecule has 0 bridgehead atoms. The normalized spacial score (nSPS) is 12.5. The van der Waals surface area contributed by atoms with Crippen molar-refractivity contribution < 1.29 is 23.8 Å². The summed E-state index contributed by atoms with van der Waals surface area (Å²) in [7, 11) is 0. The number of halogens is 1. The van der Waals surface area contributed by atoms with Crippen LogP contribution in [0.1, 0.15) is 73.3 Å². The summed E-state index contributed by atoms with van der Waals surface area (Å²) in [5.74, 6) is -1.35. The number of nitrogens with zero attached hydrogens (tertiary/aromatic N) is 1. The van der Waals surface area contributed by atoms with Crippen molar-refractivity contribution in [3.8, 4) is 5.75 Å². The molecular formula is C33H37FN2O4. The van der Waals surface area contributed by atoms with Crippen LogP contribution in [0.25, 0.3) is 10.9 Å². The standard InChI is InChI=1S/C33H37FN2O4/c1-20(2)18-36-19-25(16-23-10-8-12-26(17-23)40-33(5,6)32(38)39)27-13-14-28(29(34)30(27)36)31(37)35-22(4)24-11-7-9-21(3)15-24/h7-15,17,19-20,22H,16,18H2,1-6H3,(H,35,37)(H,38,39)/t22-/m0/s1. The van der Waals surface area contributed by atoms with Gasteiger partial charge in [0.1, 0.15) is 5.75 Å². The SMILES string of the molecule is Cc1cccc([C@H](C)NC(=O)c2ccc3c(Cc4cccc(OC(C)(C)C(=O)O)c4)cn(CC(C)C)c3c2F)c1. The number of benzene rings is 3. The van der Waals surface area contributed by atoms with Gasteiger partial charge in [0.25, 0.3) is 5.91 Å². The van der Waals surface area contributed by atoms with Crippen LogP contribution in [-0.4, -0.2) is 27.2 Å².